The first-order valence-corrected chi connectivity index (χ1v) is 8.85. The maximum Gasteiger partial charge on any atom is 0.226 e. The summed E-state index contributed by atoms with van der Waals surface area (Å²) in [5.41, 5.74) is 1.84. The van der Waals surface area contributed by atoms with Gasteiger partial charge >= 0.3 is 0 Å². The number of anilines is 1. The molecule has 0 spiro atoms. The van der Waals surface area contributed by atoms with E-state index in [1.54, 1.807) is 7.11 Å². The van der Waals surface area contributed by atoms with Crippen molar-refractivity contribution in [1.29, 1.82) is 0 Å². The van der Waals surface area contributed by atoms with Crippen molar-refractivity contribution in [2.24, 2.45) is 4.99 Å². The molecule has 7 heteroatoms. The Balaban J connectivity index is 2.50. The van der Waals surface area contributed by atoms with E-state index in [4.69, 9.17) is 4.74 Å². The van der Waals surface area contributed by atoms with E-state index < -0.39 is 0 Å². The lowest BCUT2D eigenvalue weighted by atomic mass is 10.2. The molecule has 0 saturated carbocycles. The van der Waals surface area contributed by atoms with E-state index in [1.165, 1.54) is 0 Å². The Labute approximate surface area is 152 Å². The average Bonchev–Trinajstić information content (AvgIpc) is 2.50. The van der Waals surface area contributed by atoms with Gasteiger partial charge in [-0.05, 0) is 44.5 Å². The molecule has 1 aromatic carbocycles. The van der Waals surface area contributed by atoms with Gasteiger partial charge in [-0.3, -0.25) is 9.79 Å². The molecule has 0 aliphatic heterocycles. The third-order valence-electron chi connectivity index (χ3n) is 3.22. The number of carbonyl (C=O) groups is 1. The van der Waals surface area contributed by atoms with Crippen LogP contribution in [0.2, 0.25) is 0 Å². The lowest BCUT2D eigenvalue weighted by Crippen LogP contribution is -2.44. The Morgan fingerprint density at radius 1 is 1.42 bits per heavy atom. The molecule has 0 fully saturated rings. The van der Waals surface area contributed by atoms with E-state index in [0.29, 0.717) is 25.5 Å². The van der Waals surface area contributed by atoms with Crippen LogP contribution in [0.25, 0.3) is 0 Å². The SMILES string of the molecule is CCNC(=NCCC(=O)Nc1ccc(Br)cc1C)NC(C)COC. The number of hydrogen-bond acceptors (Lipinski definition) is 3. The summed E-state index contributed by atoms with van der Waals surface area (Å²) in [5, 5.41) is 9.31. The number of aryl methyl sites for hydroxylation is 1. The summed E-state index contributed by atoms with van der Waals surface area (Å²) in [6, 6.07) is 5.91. The molecule has 1 amide bonds. The number of methoxy groups -OCH3 is 1. The smallest absolute Gasteiger partial charge is 0.226 e. The minimum atomic E-state index is -0.0510. The molecule has 134 valence electrons. The zero-order valence-electron chi connectivity index (χ0n) is 14.8. The highest BCUT2D eigenvalue weighted by atomic mass is 79.9. The highest BCUT2D eigenvalue weighted by Gasteiger charge is 2.07. The van der Waals surface area contributed by atoms with Gasteiger partial charge in [0.25, 0.3) is 0 Å². The molecule has 0 aliphatic rings. The number of rotatable bonds is 8. The molecular formula is C17H27BrN4O2. The van der Waals surface area contributed by atoms with Gasteiger partial charge in [-0.1, -0.05) is 15.9 Å². The fraction of sp³-hybridized carbons (Fsp3) is 0.529. The number of amides is 1. The zero-order valence-corrected chi connectivity index (χ0v) is 16.4. The number of nitrogens with one attached hydrogen (secondary N) is 3. The second kappa shape index (κ2) is 11.0. The average molecular weight is 399 g/mol. The van der Waals surface area contributed by atoms with Gasteiger partial charge in [0, 0.05) is 36.3 Å². The van der Waals surface area contributed by atoms with Gasteiger partial charge in [-0.2, -0.15) is 0 Å². The number of ether oxygens (including phenoxy) is 1. The first kappa shape index (κ1) is 20.4. The number of hydrogen-bond donors (Lipinski definition) is 3. The summed E-state index contributed by atoms with van der Waals surface area (Å²) in [7, 11) is 1.66. The van der Waals surface area contributed by atoms with Crippen molar-refractivity contribution in [3.05, 3.63) is 28.2 Å². The predicted octanol–water partition coefficient (Wildman–Crippen LogP) is 2.68. The van der Waals surface area contributed by atoms with E-state index in [9.17, 15) is 4.79 Å². The Bertz CT molecular complexity index is 564. The summed E-state index contributed by atoms with van der Waals surface area (Å²) >= 11 is 3.41. The lowest BCUT2D eigenvalue weighted by Gasteiger charge is -2.17. The summed E-state index contributed by atoms with van der Waals surface area (Å²) in [6.45, 7) is 7.74. The molecule has 3 N–H and O–H groups in total. The van der Waals surface area contributed by atoms with Crippen molar-refractivity contribution < 1.29 is 9.53 Å². The van der Waals surface area contributed by atoms with Crippen LogP contribution >= 0.6 is 15.9 Å². The van der Waals surface area contributed by atoms with Crippen LogP contribution in [0.15, 0.2) is 27.7 Å². The van der Waals surface area contributed by atoms with Crippen LogP contribution in [0, 0.1) is 6.92 Å². The van der Waals surface area contributed by atoms with E-state index in [1.807, 2.05) is 39.0 Å². The maximum absolute atomic E-state index is 12.1. The molecule has 0 heterocycles. The summed E-state index contributed by atoms with van der Waals surface area (Å²) in [6.07, 6.45) is 0.324. The Morgan fingerprint density at radius 2 is 2.17 bits per heavy atom. The van der Waals surface area contributed by atoms with Crippen LogP contribution in [-0.4, -0.2) is 44.7 Å². The number of benzene rings is 1. The molecule has 0 radical (unpaired) electrons. The third-order valence-corrected chi connectivity index (χ3v) is 3.71. The molecule has 0 aromatic heterocycles. The zero-order chi connectivity index (χ0) is 17.9. The fourth-order valence-corrected chi connectivity index (χ4v) is 2.57. The molecule has 1 rings (SSSR count). The highest BCUT2D eigenvalue weighted by molar-refractivity contribution is 9.10. The van der Waals surface area contributed by atoms with Crippen LogP contribution in [-0.2, 0) is 9.53 Å². The van der Waals surface area contributed by atoms with E-state index in [-0.39, 0.29) is 11.9 Å². The minimum absolute atomic E-state index is 0.0510. The molecule has 1 unspecified atom stereocenters. The first-order valence-electron chi connectivity index (χ1n) is 8.06. The Kier molecular flexibility index (Phi) is 9.41. The second-order valence-corrected chi connectivity index (χ2v) is 6.43. The molecule has 0 saturated heterocycles. The molecule has 0 bridgehead atoms. The normalized spacial score (nSPS) is 12.6. The van der Waals surface area contributed by atoms with Crippen molar-refractivity contribution >= 4 is 33.5 Å². The maximum atomic E-state index is 12.1. The standard InChI is InChI=1S/C17H27BrN4O2/c1-5-19-17(21-13(3)11-24-4)20-9-8-16(23)22-15-7-6-14(18)10-12(15)2/h6-7,10,13H,5,8-9,11H2,1-4H3,(H,22,23)(H2,19,20,21). The van der Waals surface area contributed by atoms with E-state index >= 15 is 0 Å². The monoisotopic (exact) mass is 398 g/mol. The van der Waals surface area contributed by atoms with Gasteiger partial charge in [-0.25, -0.2) is 0 Å². The number of guanidine groups is 1. The molecular weight excluding hydrogens is 372 g/mol. The Hall–Kier alpha value is -1.60. The quantitative estimate of drug-likeness (QED) is 0.464. The van der Waals surface area contributed by atoms with Gasteiger partial charge in [0.15, 0.2) is 5.96 Å². The first-order chi connectivity index (χ1) is 11.5. The van der Waals surface area contributed by atoms with Gasteiger partial charge in [0.05, 0.1) is 13.2 Å². The predicted molar refractivity (Wildman–Crippen MR) is 103 cm³/mol. The topological polar surface area (TPSA) is 74.8 Å². The minimum Gasteiger partial charge on any atom is -0.383 e. The van der Waals surface area contributed by atoms with Crippen molar-refractivity contribution in [2.75, 3.05) is 32.1 Å². The number of carbonyl (C=O) groups excluding carboxylic acids is 1. The van der Waals surface area contributed by atoms with Gasteiger partial charge in [-0.15, -0.1) is 0 Å². The van der Waals surface area contributed by atoms with Crippen LogP contribution in [0.1, 0.15) is 25.8 Å². The van der Waals surface area contributed by atoms with Crippen LogP contribution < -0.4 is 16.0 Å². The van der Waals surface area contributed by atoms with E-state index in [2.05, 4.69) is 36.9 Å². The number of aliphatic imine (C=N–C) groups is 1. The van der Waals surface area contributed by atoms with Crippen LogP contribution in [0.5, 0.6) is 0 Å². The number of nitrogens with zero attached hydrogens (tertiary/aromatic N) is 1. The van der Waals surface area contributed by atoms with E-state index in [0.717, 1.165) is 22.3 Å². The lowest BCUT2D eigenvalue weighted by molar-refractivity contribution is -0.116. The van der Waals surface area contributed by atoms with Gasteiger partial charge in [0.2, 0.25) is 5.91 Å². The number of halogens is 1. The second-order valence-electron chi connectivity index (χ2n) is 5.52. The molecule has 1 aromatic rings. The van der Waals surface area contributed by atoms with Crippen LogP contribution in [0.3, 0.4) is 0 Å². The molecule has 1 atom stereocenters. The molecule has 6 nitrogen and oxygen atoms in total. The van der Waals surface area contributed by atoms with Crippen molar-refractivity contribution in [3.8, 4) is 0 Å². The highest BCUT2D eigenvalue weighted by Crippen LogP contribution is 2.20. The summed E-state index contributed by atoms with van der Waals surface area (Å²) in [4.78, 5) is 16.5. The van der Waals surface area contributed by atoms with Gasteiger partial charge in [0.1, 0.15) is 0 Å². The third kappa shape index (κ3) is 7.79. The molecule has 24 heavy (non-hydrogen) atoms. The summed E-state index contributed by atoms with van der Waals surface area (Å²) in [5.74, 6) is 0.639. The molecule has 0 aliphatic carbocycles. The van der Waals surface area contributed by atoms with Crippen molar-refractivity contribution in [3.63, 3.8) is 0 Å². The van der Waals surface area contributed by atoms with Crippen molar-refractivity contribution in [1.82, 2.24) is 10.6 Å². The van der Waals surface area contributed by atoms with Gasteiger partial charge < -0.3 is 20.7 Å². The Morgan fingerprint density at radius 3 is 2.79 bits per heavy atom. The summed E-state index contributed by atoms with van der Waals surface area (Å²) < 4.78 is 6.09. The van der Waals surface area contributed by atoms with Crippen molar-refractivity contribution in [2.45, 2.75) is 33.2 Å². The fourth-order valence-electron chi connectivity index (χ4n) is 2.09. The van der Waals surface area contributed by atoms with Crippen LogP contribution in [0.4, 0.5) is 5.69 Å². The largest absolute Gasteiger partial charge is 0.383 e.